The Morgan fingerprint density at radius 1 is 1.19 bits per heavy atom. The van der Waals surface area contributed by atoms with E-state index in [0.29, 0.717) is 33.9 Å². The van der Waals surface area contributed by atoms with Crippen LogP contribution in [0.1, 0.15) is 35.2 Å². The van der Waals surface area contributed by atoms with Crippen molar-refractivity contribution < 1.29 is 4.79 Å². The number of fused-ring (bicyclic) bond motifs is 1. The van der Waals surface area contributed by atoms with Crippen LogP contribution in [0.4, 0.5) is 0 Å². The largest absolute Gasteiger partial charge is 0.331 e. The second-order valence-electron chi connectivity index (χ2n) is 7.29. The Hall–Kier alpha value is -3.45. The zero-order valence-corrected chi connectivity index (χ0v) is 18.1. The molecule has 0 radical (unpaired) electrons. The number of nitrogens with one attached hydrogen (secondary N) is 1. The Balaban J connectivity index is 1.65. The third-order valence-electron chi connectivity index (χ3n) is 5.08. The first-order chi connectivity index (χ1) is 15.0. The molecular formula is C23H22ClN5O2. The van der Waals surface area contributed by atoms with E-state index in [1.807, 2.05) is 44.2 Å². The molecule has 4 aromatic rings. The number of rotatable bonds is 6. The molecule has 4 rings (SSSR count). The highest BCUT2D eigenvalue weighted by Gasteiger charge is 2.22. The van der Waals surface area contributed by atoms with Crippen molar-refractivity contribution in [3.63, 3.8) is 0 Å². The monoisotopic (exact) mass is 435 g/mol. The topological polar surface area (TPSA) is 83.9 Å². The predicted molar refractivity (Wildman–Crippen MR) is 121 cm³/mol. The van der Waals surface area contributed by atoms with E-state index in [4.69, 9.17) is 11.6 Å². The van der Waals surface area contributed by atoms with Crippen LogP contribution < -0.4 is 5.56 Å². The number of aromatic amines is 1. The van der Waals surface area contributed by atoms with Crippen molar-refractivity contribution in [1.82, 2.24) is 24.6 Å². The fraction of sp³-hybridized carbons (Fsp3) is 0.217. The second kappa shape index (κ2) is 8.73. The van der Waals surface area contributed by atoms with Gasteiger partial charge in [0.2, 0.25) is 0 Å². The van der Waals surface area contributed by atoms with Crippen molar-refractivity contribution in [2.75, 3.05) is 6.54 Å². The smallest absolute Gasteiger partial charge is 0.258 e. The molecule has 7 nitrogen and oxygen atoms in total. The number of carbonyl (C=O) groups excluding carboxylic acids is 1. The maximum Gasteiger partial charge on any atom is 0.258 e. The first-order valence-electron chi connectivity index (χ1n) is 10.1. The first-order valence-corrected chi connectivity index (χ1v) is 10.4. The maximum absolute atomic E-state index is 13.3. The summed E-state index contributed by atoms with van der Waals surface area (Å²) in [5.41, 5.74) is 2.41. The average Bonchev–Trinajstić information content (AvgIpc) is 3.14. The second-order valence-corrected chi connectivity index (χ2v) is 7.73. The minimum Gasteiger partial charge on any atom is -0.331 e. The van der Waals surface area contributed by atoms with Gasteiger partial charge in [0.15, 0.2) is 0 Å². The van der Waals surface area contributed by atoms with Crippen LogP contribution in [0.25, 0.3) is 16.6 Å². The molecule has 1 amide bonds. The number of para-hydroxylation sites is 1. The fourth-order valence-corrected chi connectivity index (χ4v) is 3.72. The van der Waals surface area contributed by atoms with E-state index in [-0.39, 0.29) is 18.0 Å². The van der Waals surface area contributed by atoms with Crippen LogP contribution in [-0.4, -0.2) is 37.1 Å². The average molecular weight is 436 g/mol. The summed E-state index contributed by atoms with van der Waals surface area (Å²) in [4.78, 5) is 34.8. The summed E-state index contributed by atoms with van der Waals surface area (Å²) in [5, 5.41) is 5.36. The first kappa shape index (κ1) is 20.8. The number of hydrogen-bond donors (Lipinski definition) is 1. The molecule has 2 aromatic heterocycles. The summed E-state index contributed by atoms with van der Waals surface area (Å²) >= 11 is 6.05. The van der Waals surface area contributed by atoms with E-state index in [2.05, 4.69) is 15.1 Å². The Kier molecular flexibility index (Phi) is 5.86. The van der Waals surface area contributed by atoms with Gasteiger partial charge in [-0.2, -0.15) is 5.10 Å². The zero-order valence-electron chi connectivity index (χ0n) is 17.3. The summed E-state index contributed by atoms with van der Waals surface area (Å²) in [7, 11) is 0. The van der Waals surface area contributed by atoms with E-state index in [9.17, 15) is 9.59 Å². The molecule has 1 N–H and O–H groups in total. The van der Waals surface area contributed by atoms with Crippen LogP contribution in [-0.2, 0) is 6.54 Å². The molecule has 0 atom stereocenters. The number of benzene rings is 2. The van der Waals surface area contributed by atoms with E-state index >= 15 is 0 Å². The van der Waals surface area contributed by atoms with Crippen LogP contribution in [0.15, 0.2) is 59.5 Å². The van der Waals surface area contributed by atoms with Crippen molar-refractivity contribution >= 4 is 28.4 Å². The number of aromatic nitrogens is 4. The van der Waals surface area contributed by atoms with Crippen molar-refractivity contribution in [1.29, 1.82) is 0 Å². The molecular weight excluding hydrogens is 414 g/mol. The number of hydrogen-bond acceptors (Lipinski definition) is 4. The number of nitrogens with zero attached hydrogens (tertiary/aromatic N) is 4. The molecule has 0 spiro atoms. The van der Waals surface area contributed by atoms with Crippen LogP contribution in [0.5, 0.6) is 0 Å². The summed E-state index contributed by atoms with van der Waals surface area (Å²) < 4.78 is 1.75. The summed E-state index contributed by atoms with van der Waals surface area (Å²) in [6, 6.07) is 14.6. The number of carbonyl (C=O) groups is 1. The SMILES string of the molecule is CCCN(Cc1nc2cc(Cl)ccc2c(=O)[nH]1)C(=O)c1cnn(-c2ccccc2)c1C. The van der Waals surface area contributed by atoms with Gasteiger partial charge in [-0.05, 0) is 43.7 Å². The summed E-state index contributed by atoms with van der Waals surface area (Å²) in [5.74, 6) is 0.255. The third-order valence-corrected chi connectivity index (χ3v) is 5.32. The lowest BCUT2D eigenvalue weighted by Crippen LogP contribution is -2.33. The molecule has 0 saturated heterocycles. The number of H-pyrrole nitrogens is 1. The molecule has 0 unspecified atom stereocenters. The van der Waals surface area contributed by atoms with Gasteiger partial charge < -0.3 is 9.88 Å². The molecule has 31 heavy (non-hydrogen) atoms. The lowest BCUT2D eigenvalue weighted by atomic mass is 10.2. The Bertz CT molecular complexity index is 1300. The van der Waals surface area contributed by atoms with Gasteiger partial charge in [-0.25, -0.2) is 9.67 Å². The van der Waals surface area contributed by atoms with Crippen molar-refractivity contribution in [2.45, 2.75) is 26.8 Å². The lowest BCUT2D eigenvalue weighted by Gasteiger charge is -2.21. The van der Waals surface area contributed by atoms with Gasteiger partial charge in [-0.3, -0.25) is 9.59 Å². The molecule has 0 aliphatic carbocycles. The van der Waals surface area contributed by atoms with Gasteiger partial charge in [0.25, 0.3) is 11.5 Å². The number of amides is 1. The molecule has 0 aliphatic heterocycles. The minimum atomic E-state index is -0.256. The highest BCUT2D eigenvalue weighted by Crippen LogP contribution is 2.18. The van der Waals surface area contributed by atoms with Crippen LogP contribution >= 0.6 is 11.6 Å². The van der Waals surface area contributed by atoms with E-state index in [1.54, 1.807) is 34.0 Å². The summed E-state index contributed by atoms with van der Waals surface area (Å²) in [6.07, 6.45) is 2.35. The van der Waals surface area contributed by atoms with Gasteiger partial charge in [0, 0.05) is 11.6 Å². The molecule has 0 aliphatic rings. The van der Waals surface area contributed by atoms with Crippen molar-refractivity contribution in [3.05, 3.63) is 87.2 Å². The molecule has 0 bridgehead atoms. The normalized spacial score (nSPS) is 11.1. The standard InChI is InChI=1S/C23H22ClN5O2/c1-3-11-28(14-21-26-20-12-16(24)9-10-18(20)22(30)27-21)23(31)19-13-25-29(15(19)2)17-7-5-4-6-8-17/h4-10,12-13H,3,11,14H2,1-2H3,(H,26,27,30). The quantitative estimate of drug-likeness (QED) is 0.493. The van der Waals surface area contributed by atoms with Gasteiger partial charge >= 0.3 is 0 Å². The molecule has 158 valence electrons. The van der Waals surface area contributed by atoms with Gasteiger partial charge in [-0.15, -0.1) is 0 Å². The number of halogens is 1. The predicted octanol–water partition coefficient (Wildman–Crippen LogP) is 4.12. The Morgan fingerprint density at radius 3 is 2.71 bits per heavy atom. The maximum atomic E-state index is 13.3. The van der Waals surface area contributed by atoms with Crippen LogP contribution in [0, 0.1) is 6.92 Å². The molecule has 0 fully saturated rings. The fourth-order valence-electron chi connectivity index (χ4n) is 3.56. The molecule has 2 aromatic carbocycles. The molecule has 2 heterocycles. The van der Waals surface area contributed by atoms with Gasteiger partial charge in [0.1, 0.15) is 5.82 Å². The van der Waals surface area contributed by atoms with Gasteiger partial charge in [0.05, 0.1) is 40.6 Å². The molecule has 8 heteroatoms. The van der Waals surface area contributed by atoms with Crippen molar-refractivity contribution in [3.8, 4) is 5.69 Å². The van der Waals surface area contributed by atoms with E-state index in [1.165, 1.54) is 0 Å². The molecule has 0 saturated carbocycles. The van der Waals surface area contributed by atoms with E-state index < -0.39 is 0 Å². The minimum absolute atomic E-state index is 0.157. The highest BCUT2D eigenvalue weighted by atomic mass is 35.5. The highest BCUT2D eigenvalue weighted by molar-refractivity contribution is 6.31. The Labute approximate surface area is 184 Å². The van der Waals surface area contributed by atoms with Gasteiger partial charge in [-0.1, -0.05) is 36.7 Å². The summed E-state index contributed by atoms with van der Waals surface area (Å²) in [6.45, 7) is 4.57. The third kappa shape index (κ3) is 4.22. The van der Waals surface area contributed by atoms with Crippen LogP contribution in [0.3, 0.4) is 0 Å². The van der Waals surface area contributed by atoms with Crippen molar-refractivity contribution in [2.24, 2.45) is 0 Å². The van der Waals surface area contributed by atoms with E-state index in [0.717, 1.165) is 17.8 Å². The lowest BCUT2D eigenvalue weighted by molar-refractivity contribution is 0.0738. The van der Waals surface area contributed by atoms with Crippen LogP contribution in [0.2, 0.25) is 5.02 Å². The Morgan fingerprint density at radius 2 is 1.97 bits per heavy atom. The zero-order chi connectivity index (χ0) is 22.0.